The van der Waals surface area contributed by atoms with E-state index in [1.165, 1.54) is 11.3 Å². The molecule has 6 nitrogen and oxygen atoms in total. The second-order valence-electron chi connectivity index (χ2n) is 7.74. The average Bonchev–Trinajstić information content (AvgIpc) is 3.08. The van der Waals surface area contributed by atoms with Crippen molar-refractivity contribution < 1.29 is 9.13 Å². The van der Waals surface area contributed by atoms with E-state index in [2.05, 4.69) is 24.5 Å². The number of hydrogen-bond donors (Lipinski definition) is 0. The molecule has 144 valence electrons. The summed E-state index contributed by atoms with van der Waals surface area (Å²) in [7, 11) is 0. The van der Waals surface area contributed by atoms with Crippen LogP contribution in [-0.2, 0) is 24.4 Å². The first-order valence-electron chi connectivity index (χ1n) is 9.84. The van der Waals surface area contributed by atoms with E-state index in [4.69, 9.17) is 4.74 Å². The predicted molar refractivity (Wildman–Crippen MR) is 101 cm³/mol. The van der Waals surface area contributed by atoms with Gasteiger partial charge < -0.3 is 9.64 Å². The van der Waals surface area contributed by atoms with E-state index in [0.29, 0.717) is 12.6 Å². The fourth-order valence-corrected chi connectivity index (χ4v) is 4.40. The van der Waals surface area contributed by atoms with Gasteiger partial charge in [-0.2, -0.15) is 5.10 Å². The van der Waals surface area contributed by atoms with Crippen LogP contribution in [0.15, 0.2) is 30.5 Å². The number of anilines is 1. The third-order valence-electron chi connectivity index (χ3n) is 6.08. The van der Waals surface area contributed by atoms with Gasteiger partial charge in [-0.15, -0.1) is 0 Å². The molecule has 4 heterocycles. The minimum atomic E-state index is -0.168. The molecular weight excluding hydrogens is 345 g/mol. The smallest absolute Gasteiger partial charge is 0.123 e. The van der Waals surface area contributed by atoms with Crippen molar-refractivity contribution in [1.29, 1.82) is 0 Å². The number of nitrogens with zero attached hydrogens (tertiary/aromatic N) is 5. The molecule has 3 aliphatic rings. The van der Waals surface area contributed by atoms with E-state index >= 15 is 0 Å². The van der Waals surface area contributed by atoms with E-state index in [9.17, 15) is 4.39 Å². The van der Waals surface area contributed by atoms with Gasteiger partial charge in [0.05, 0.1) is 31.6 Å². The van der Waals surface area contributed by atoms with Gasteiger partial charge in [0.15, 0.2) is 0 Å². The number of aromatic nitrogens is 2. The molecule has 1 aromatic heterocycles. The molecular formula is C20H26FN5O. The van der Waals surface area contributed by atoms with Crippen molar-refractivity contribution in [2.75, 3.05) is 50.8 Å². The molecule has 0 spiro atoms. The minimum Gasteiger partial charge on any atom is -0.373 e. The molecule has 0 saturated carbocycles. The zero-order valence-corrected chi connectivity index (χ0v) is 15.6. The summed E-state index contributed by atoms with van der Waals surface area (Å²) < 4.78 is 20.8. The largest absolute Gasteiger partial charge is 0.373 e. The van der Waals surface area contributed by atoms with Crippen LogP contribution in [0.25, 0.3) is 0 Å². The number of likely N-dealkylation sites (tertiary alicyclic amines) is 1. The lowest BCUT2D eigenvalue weighted by Gasteiger charge is -2.48. The molecule has 5 rings (SSSR count). The third-order valence-corrected chi connectivity index (χ3v) is 6.08. The number of piperazine rings is 1. The fraction of sp³-hybridized carbons (Fsp3) is 0.550. The van der Waals surface area contributed by atoms with Gasteiger partial charge in [0.2, 0.25) is 0 Å². The van der Waals surface area contributed by atoms with Gasteiger partial charge in [-0.05, 0) is 24.3 Å². The molecule has 2 fully saturated rings. The SMILES string of the molecule is Fc1ccc(N2CCN(C3CN(Cc4cnn5c4COCC5)C3)CC2)cc1. The zero-order valence-electron chi connectivity index (χ0n) is 15.6. The number of ether oxygens (including phenoxy) is 1. The summed E-state index contributed by atoms with van der Waals surface area (Å²) in [4.78, 5) is 7.46. The third kappa shape index (κ3) is 3.47. The van der Waals surface area contributed by atoms with Crippen LogP contribution in [0, 0.1) is 5.82 Å². The Morgan fingerprint density at radius 1 is 1.04 bits per heavy atom. The maximum Gasteiger partial charge on any atom is 0.123 e. The molecule has 0 atom stereocenters. The molecule has 7 heteroatoms. The highest BCUT2D eigenvalue weighted by Crippen LogP contribution is 2.24. The summed E-state index contributed by atoms with van der Waals surface area (Å²) in [5.41, 5.74) is 3.69. The highest BCUT2D eigenvalue weighted by Gasteiger charge is 2.34. The monoisotopic (exact) mass is 371 g/mol. The maximum atomic E-state index is 13.1. The lowest BCUT2D eigenvalue weighted by atomic mass is 10.0. The lowest BCUT2D eigenvalue weighted by molar-refractivity contribution is 0.0243. The minimum absolute atomic E-state index is 0.168. The van der Waals surface area contributed by atoms with Crippen LogP contribution in [0.3, 0.4) is 0 Å². The Kier molecular flexibility index (Phi) is 4.59. The Hall–Kier alpha value is -1.96. The summed E-state index contributed by atoms with van der Waals surface area (Å²) in [6.45, 7) is 9.74. The summed E-state index contributed by atoms with van der Waals surface area (Å²) >= 11 is 0. The van der Waals surface area contributed by atoms with Crippen LogP contribution in [0.4, 0.5) is 10.1 Å². The number of rotatable bonds is 4. The number of benzene rings is 1. The average molecular weight is 371 g/mol. The van der Waals surface area contributed by atoms with Crippen molar-refractivity contribution in [2.24, 2.45) is 0 Å². The molecule has 1 aromatic carbocycles. The molecule has 0 bridgehead atoms. The van der Waals surface area contributed by atoms with Crippen molar-refractivity contribution in [3.05, 3.63) is 47.5 Å². The Labute approximate surface area is 159 Å². The quantitative estimate of drug-likeness (QED) is 0.815. The molecule has 0 amide bonds. The van der Waals surface area contributed by atoms with Crippen molar-refractivity contribution in [3.8, 4) is 0 Å². The number of hydrogen-bond acceptors (Lipinski definition) is 5. The lowest BCUT2D eigenvalue weighted by Crippen LogP contribution is -2.62. The van der Waals surface area contributed by atoms with Gasteiger partial charge in [-0.1, -0.05) is 0 Å². The topological polar surface area (TPSA) is 36.8 Å². The van der Waals surface area contributed by atoms with Crippen molar-refractivity contribution in [1.82, 2.24) is 19.6 Å². The Morgan fingerprint density at radius 3 is 2.59 bits per heavy atom. The van der Waals surface area contributed by atoms with E-state index in [1.807, 2.05) is 18.3 Å². The molecule has 0 aliphatic carbocycles. The fourth-order valence-electron chi connectivity index (χ4n) is 4.40. The summed E-state index contributed by atoms with van der Waals surface area (Å²) in [5, 5.41) is 4.49. The Bertz CT molecular complexity index is 778. The second kappa shape index (κ2) is 7.22. The maximum absolute atomic E-state index is 13.1. The van der Waals surface area contributed by atoms with Crippen LogP contribution in [0.1, 0.15) is 11.3 Å². The first-order valence-corrected chi connectivity index (χ1v) is 9.84. The molecule has 3 aliphatic heterocycles. The first kappa shape index (κ1) is 17.2. The molecule has 27 heavy (non-hydrogen) atoms. The molecule has 0 radical (unpaired) electrons. The summed E-state index contributed by atoms with van der Waals surface area (Å²) in [5.74, 6) is -0.168. The van der Waals surface area contributed by atoms with Crippen LogP contribution >= 0.6 is 0 Å². The van der Waals surface area contributed by atoms with Gasteiger partial charge in [0.1, 0.15) is 5.82 Å². The summed E-state index contributed by atoms with van der Waals surface area (Å²) in [6, 6.07) is 7.51. The van der Waals surface area contributed by atoms with Crippen LogP contribution in [-0.4, -0.2) is 71.5 Å². The summed E-state index contributed by atoms with van der Waals surface area (Å²) in [6.07, 6.45) is 2.01. The standard InChI is InChI=1S/C20H26FN5O/c21-17-1-3-18(4-2-17)24-5-7-25(8-6-24)19-13-23(14-19)12-16-11-22-26-9-10-27-15-20(16)26/h1-4,11,19H,5-10,12-15H2. The van der Waals surface area contributed by atoms with Gasteiger partial charge in [-0.3, -0.25) is 14.5 Å². The zero-order chi connectivity index (χ0) is 18.2. The van der Waals surface area contributed by atoms with Crippen LogP contribution in [0.2, 0.25) is 0 Å². The Morgan fingerprint density at radius 2 is 1.81 bits per heavy atom. The Balaban J connectivity index is 1.10. The normalized spacial score (nSPS) is 21.9. The van der Waals surface area contributed by atoms with Gasteiger partial charge in [0, 0.05) is 63.1 Å². The van der Waals surface area contributed by atoms with Crippen LogP contribution in [0.5, 0.6) is 0 Å². The van der Waals surface area contributed by atoms with E-state index in [1.54, 1.807) is 12.1 Å². The van der Waals surface area contributed by atoms with E-state index in [0.717, 1.165) is 64.7 Å². The van der Waals surface area contributed by atoms with E-state index < -0.39 is 0 Å². The first-order chi connectivity index (χ1) is 13.3. The second-order valence-corrected chi connectivity index (χ2v) is 7.74. The molecule has 0 N–H and O–H groups in total. The van der Waals surface area contributed by atoms with Crippen molar-refractivity contribution in [2.45, 2.75) is 25.7 Å². The predicted octanol–water partition coefficient (Wildman–Crippen LogP) is 1.56. The molecule has 0 unspecified atom stereocenters. The van der Waals surface area contributed by atoms with Gasteiger partial charge >= 0.3 is 0 Å². The highest BCUT2D eigenvalue weighted by atomic mass is 19.1. The van der Waals surface area contributed by atoms with Gasteiger partial charge in [-0.25, -0.2) is 4.39 Å². The van der Waals surface area contributed by atoms with Crippen LogP contribution < -0.4 is 4.90 Å². The molecule has 2 saturated heterocycles. The number of halogens is 1. The van der Waals surface area contributed by atoms with E-state index in [-0.39, 0.29) is 5.82 Å². The highest BCUT2D eigenvalue weighted by molar-refractivity contribution is 5.46. The number of fused-ring (bicyclic) bond motifs is 1. The van der Waals surface area contributed by atoms with Crippen molar-refractivity contribution >= 4 is 5.69 Å². The van der Waals surface area contributed by atoms with Crippen molar-refractivity contribution in [3.63, 3.8) is 0 Å². The molecule has 2 aromatic rings. The van der Waals surface area contributed by atoms with Gasteiger partial charge in [0.25, 0.3) is 0 Å².